The molecule has 0 heteroatoms. The summed E-state index contributed by atoms with van der Waals surface area (Å²) in [5, 5.41) is 8.12. The van der Waals surface area contributed by atoms with Crippen LogP contribution >= 0.6 is 0 Å². The minimum atomic E-state index is 1.29. The fraction of sp³-hybridized carbons (Fsp3) is 0.111. The van der Waals surface area contributed by atoms with Crippen molar-refractivity contribution in [2.75, 3.05) is 0 Å². The Labute approximate surface area is 106 Å². The molecule has 0 atom stereocenters. The third-order valence-electron chi connectivity index (χ3n) is 3.99. The van der Waals surface area contributed by atoms with Crippen molar-refractivity contribution in [3.05, 3.63) is 59.7 Å². The van der Waals surface area contributed by atoms with Crippen molar-refractivity contribution in [1.29, 1.82) is 0 Å². The van der Waals surface area contributed by atoms with Crippen molar-refractivity contribution >= 4 is 32.3 Å². The topological polar surface area (TPSA) is 0 Å². The van der Waals surface area contributed by atoms with E-state index in [9.17, 15) is 0 Å². The summed E-state index contributed by atoms with van der Waals surface area (Å²) in [4.78, 5) is 0. The number of hydrogen-bond acceptors (Lipinski definition) is 0. The van der Waals surface area contributed by atoms with Gasteiger partial charge in [0.05, 0.1) is 0 Å². The molecule has 0 unspecified atom stereocenters. The quantitative estimate of drug-likeness (QED) is 0.372. The average molecular weight is 229 g/mol. The molecule has 0 aliphatic rings. The van der Waals surface area contributed by atoms with Crippen molar-refractivity contribution in [3.63, 3.8) is 0 Å². The Balaban J connectivity index is 2.48. The maximum Gasteiger partial charge on any atom is -0.00215 e. The Hall–Kier alpha value is -2.08. The van der Waals surface area contributed by atoms with Crippen molar-refractivity contribution in [3.8, 4) is 0 Å². The minimum Gasteiger partial charge on any atom is -0.0551 e. The van der Waals surface area contributed by atoms with E-state index in [1.54, 1.807) is 0 Å². The molecule has 0 spiro atoms. The molecule has 0 saturated carbocycles. The van der Waals surface area contributed by atoms with E-state index in [4.69, 9.17) is 0 Å². The molecular formula is C18H13. The molecule has 1 radical (unpaired) electrons. The molecule has 4 rings (SSSR count). The zero-order valence-corrected chi connectivity index (χ0v) is 10.5. The monoisotopic (exact) mass is 229 g/mol. The van der Waals surface area contributed by atoms with Crippen LogP contribution in [0.2, 0.25) is 0 Å². The lowest BCUT2D eigenvalue weighted by Crippen LogP contribution is -1.88. The van der Waals surface area contributed by atoms with Crippen LogP contribution in [0.25, 0.3) is 32.3 Å². The highest BCUT2D eigenvalue weighted by atomic mass is 14.1. The molecule has 0 nitrogen and oxygen atoms in total. The highest BCUT2D eigenvalue weighted by molar-refractivity contribution is 6.24. The predicted molar refractivity (Wildman–Crippen MR) is 78.5 cm³/mol. The molecule has 0 amide bonds. The molecule has 18 heavy (non-hydrogen) atoms. The maximum absolute atomic E-state index is 3.23. The van der Waals surface area contributed by atoms with E-state index in [0.717, 1.165) is 0 Å². The minimum absolute atomic E-state index is 1.29. The van der Waals surface area contributed by atoms with Crippen LogP contribution in [0.3, 0.4) is 0 Å². The van der Waals surface area contributed by atoms with Gasteiger partial charge in [-0.3, -0.25) is 0 Å². The summed E-state index contributed by atoms with van der Waals surface area (Å²) in [5.74, 6) is 0. The molecule has 4 aromatic rings. The lowest BCUT2D eigenvalue weighted by molar-refractivity contribution is 1.46. The van der Waals surface area contributed by atoms with Crippen LogP contribution in [-0.4, -0.2) is 0 Å². The summed E-state index contributed by atoms with van der Waals surface area (Å²) in [7, 11) is 0. The Bertz CT molecular complexity index is 818. The number of aryl methyl sites for hydroxylation is 2. The number of benzene rings is 4. The van der Waals surface area contributed by atoms with Gasteiger partial charge in [-0.25, -0.2) is 0 Å². The third kappa shape index (κ3) is 1.10. The molecule has 0 bridgehead atoms. The van der Waals surface area contributed by atoms with E-state index in [1.165, 1.54) is 43.4 Å². The Morgan fingerprint density at radius 1 is 0.722 bits per heavy atom. The number of hydrogen-bond donors (Lipinski definition) is 0. The summed E-state index contributed by atoms with van der Waals surface area (Å²) in [6, 6.07) is 18.6. The van der Waals surface area contributed by atoms with Crippen LogP contribution in [0.15, 0.2) is 42.5 Å². The van der Waals surface area contributed by atoms with Gasteiger partial charge in [-0.05, 0) is 75.5 Å². The molecule has 0 saturated heterocycles. The van der Waals surface area contributed by atoms with E-state index < -0.39 is 0 Å². The van der Waals surface area contributed by atoms with Gasteiger partial charge in [0, 0.05) is 0 Å². The van der Waals surface area contributed by atoms with Gasteiger partial charge in [-0.1, -0.05) is 30.3 Å². The molecule has 0 aliphatic carbocycles. The van der Waals surface area contributed by atoms with Crippen molar-refractivity contribution < 1.29 is 0 Å². The van der Waals surface area contributed by atoms with Crippen LogP contribution in [0.1, 0.15) is 11.1 Å². The van der Waals surface area contributed by atoms with Crippen LogP contribution in [0.4, 0.5) is 0 Å². The first-order valence-electron chi connectivity index (χ1n) is 6.30. The molecule has 0 N–H and O–H groups in total. The van der Waals surface area contributed by atoms with Crippen LogP contribution < -0.4 is 0 Å². The van der Waals surface area contributed by atoms with Gasteiger partial charge in [-0.2, -0.15) is 0 Å². The lowest BCUT2D eigenvalue weighted by atomic mass is 9.90. The first-order valence-corrected chi connectivity index (χ1v) is 6.30. The van der Waals surface area contributed by atoms with Crippen molar-refractivity contribution in [2.45, 2.75) is 13.8 Å². The predicted octanol–water partition coefficient (Wildman–Crippen LogP) is 5.00. The fourth-order valence-electron chi connectivity index (χ4n) is 3.15. The summed E-state index contributed by atoms with van der Waals surface area (Å²) >= 11 is 0. The standard InChI is InChI=1S/C18H13/c1-11-10-12(2)16-9-7-14-5-3-4-13-6-8-15(11)18(16)17(13)14/h4-10H,1-2H3. The summed E-state index contributed by atoms with van der Waals surface area (Å²) in [6.45, 7) is 4.40. The summed E-state index contributed by atoms with van der Waals surface area (Å²) in [5.41, 5.74) is 2.73. The van der Waals surface area contributed by atoms with Gasteiger partial charge in [-0.15, -0.1) is 0 Å². The molecular weight excluding hydrogens is 216 g/mol. The highest BCUT2D eigenvalue weighted by Gasteiger charge is 2.10. The van der Waals surface area contributed by atoms with E-state index >= 15 is 0 Å². The third-order valence-corrected chi connectivity index (χ3v) is 3.99. The van der Waals surface area contributed by atoms with Gasteiger partial charge in [0.1, 0.15) is 0 Å². The van der Waals surface area contributed by atoms with E-state index in [1.807, 2.05) is 0 Å². The molecule has 4 aromatic carbocycles. The van der Waals surface area contributed by atoms with Gasteiger partial charge in [0.15, 0.2) is 0 Å². The zero-order chi connectivity index (χ0) is 12.3. The smallest absolute Gasteiger partial charge is 0.00215 e. The second kappa shape index (κ2) is 3.23. The average Bonchev–Trinajstić information content (AvgIpc) is 2.38. The van der Waals surface area contributed by atoms with Gasteiger partial charge in [0.2, 0.25) is 0 Å². The second-order valence-electron chi connectivity index (χ2n) is 5.12. The fourth-order valence-corrected chi connectivity index (χ4v) is 3.15. The van der Waals surface area contributed by atoms with E-state index in [-0.39, 0.29) is 0 Å². The molecule has 0 aromatic heterocycles. The second-order valence-corrected chi connectivity index (χ2v) is 5.12. The summed E-state index contributed by atoms with van der Waals surface area (Å²) < 4.78 is 0. The Morgan fingerprint density at radius 3 is 1.83 bits per heavy atom. The number of rotatable bonds is 0. The highest BCUT2D eigenvalue weighted by Crippen LogP contribution is 2.36. The lowest BCUT2D eigenvalue weighted by Gasteiger charge is -2.14. The van der Waals surface area contributed by atoms with Crippen LogP contribution in [0.5, 0.6) is 0 Å². The zero-order valence-electron chi connectivity index (χ0n) is 10.5. The van der Waals surface area contributed by atoms with Crippen LogP contribution in [0, 0.1) is 19.9 Å². The molecule has 0 heterocycles. The Morgan fingerprint density at radius 2 is 1.28 bits per heavy atom. The molecule has 0 fully saturated rings. The Kier molecular flexibility index (Phi) is 1.78. The van der Waals surface area contributed by atoms with E-state index in [0.29, 0.717) is 0 Å². The maximum atomic E-state index is 3.23. The van der Waals surface area contributed by atoms with Gasteiger partial charge in [0.25, 0.3) is 0 Å². The van der Waals surface area contributed by atoms with Crippen LogP contribution in [-0.2, 0) is 0 Å². The van der Waals surface area contributed by atoms with Gasteiger partial charge < -0.3 is 0 Å². The largest absolute Gasteiger partial charge is 0.0551 e. The SMILES string of the molecule is Cc1cc(C)c2ccc3c[c]cc4ccc1c2c43. The summed E-state index contributed by atoms with van der Waals surface area (Å²) in [6.07, 6.45) is 0. The first-order chi connectivity index (χ1) is 8.75. The normalized spacial score (nSPS) is 11.9. The molecule has 85 valence electrons. The first kappa shape index (κ1) is 9.90. The van der Waals surface area contributed by atoms with E-state index in [2.05, 4.69) is 62.4 Å². The molecule has 0 aliphatic heterocycles. The van der Waals surface area contributed by atoms with Gasteiger partial charge >= 0.3 is 0 Å². The van der Waals surface area contributed by atoms with Crippen molar-refractivity contribution in [2.24, 2.45) is 0 Å². The van der Waals surface area contributed by atoms with Crippen molar-refractivity contribution in [1.82, 2.24) is 0 Å².